The molecule has 0 radical (unpaired) electrons. The van der Waals surface area contributed by atoms with Crippen molar-refractivity contribution in [3.05, 3.63) is 47.5 Å². The smallest absolute Gasteiger partial charge is 0.229 e. The van der Waals surface area contributed by atoms with Gasteiger partial charge in [-0.1, -0.05) is 11.6 Å². The summed E-state index contributed by atoms with van der Waals surface area (Å²) in [5.41, 5.74) is 0.466. The molecule has 1 N–H and O–H groups in total. The number of carbonyl (C=O) groups is 2. The molecular weight excluding hydrogens is 380 g/mol. The van der Waals surface area contributed by atoms with Crippen LogP contribution in [0.25, 0.3) is 0 Å². The number of amides is 2. The maximum absolute atomic E-state index is 12.6. The lowest BCUT2D eigenvalue weighted by Gasteiger charge is -2.16. The molecule has 1 aliphatic heterocycles. The Balaban J connectivity index is 1.73. The second-order valence-corrected chi connectivity index (χ2v) is 6.91. The fourth-order valence-electron chi connectivity index (χ4n) is 3.07. The van der Waals surface area contributed by atoms with Gasteiger partial charge in [-0.05, 0) is 56.3 Å². The van der Waals surface area contributed by atoms with Crippen LogP contribution in [0.3, 0.4) is 0 Å². The molecule has 2 aromatic rings. The van der Waals surface area contributed by atoms with Gasteiger partial charge in [-0.25, -0.2) is 0 Å². The Bertz CT molecular complexity index is 854. The highest BCUT2D eigenvalue weighted by Crippen LogP contribution is 2.33. The molecule has 7 heteroatoms. The van der Waals surface area contributed by atoms with Crippen molar-refractivity contribution in [1.82, 2.24) is 4.90 Å². The largest absolute Gasteiger partial charge is 0.494 e. The Labute approximate surface area is 169 Å². The van der Waals surface area contributed by atoms with E-state index in [0.717, 1.165) is 5.75 Å². The number of anilines is 1. The number of halogens is 1. The van der Waals surface area contributed by atoms with Crippen molar-refractivity contribution in [2.75, 3.05) is 25.0 Å². The summed E-state index contributed by atoms with van der Waals surface area (Å²) in [5, 5.41) is 3.34. The van der Waals surface area contributed by atoms with Gasteiger partial charge in [0.1, 0.15) is 11.5 Å². The van der Waals surface area contributed by atoms with Gasteiger partial charge in [-0.3, -0.25) is 9.59 Å². The van der Waals surface area contributed by atoms with Gasteiger partial charge >= 0.3 is 0 Å². The molecule has 148 valence electrons. The molecule has 0 bridgehead atoms. The van der Waals surface area contributed by atoms with Crippen LogP contribution in [-0.2, 0) is 9.59 Å². The number of carbonyl (C=O) groups excluding carboxylic acids is 2. The highest BCUT2D eigenvalue weighted by Gasteiger charge is 2.33. The quantitative estimate of drug-likeness (QED) is 0.748. The topological polar surface area (TPSA) is 67.9 Å². The number of rotatable bonds is 7. The van der Waals surface area contributed by atoms with Crippen molar-refractivity contribution in [1.29, 1.82) is 0 Å². The number of likely N-dealkylation sites (tertiary alicyclic amines) is 1. The molecule has 0 saturated carbocycles. The van der Waals surface area contributed by atoms with Gasteiger partial charge in [-0.15, -0.1) is 0 Å². The zero-order valence-electron chi connectivity index (χ0n) is 15.9. The molecule has 1 fully saturated rings. The molecule has 1 saturated heterocycles. The van der Waals surface area contributed by atoms with Crippen LogP contribution in [0, 0.1) is 5.92 Å². The number of benzene rings is 2. The average Bonchev–Trinajstić information content (AvgIpc) is 3.06. The third kappa shape index (κ3) is 4.75. The first-order chi connectivity index (χ1) is 13.5. The summed E-state index contributed by atoms with van der Waals surface area (Å²) >= 11 is 6.10. The highest BCUT2D eigenvalue weighted by molar-refractivity contribution is 6.31. The number of ether oxygens (including phenoxy) is 2. The van der Waals surface area contributed by atoms with Gasteiger partial charge in [0.2, 0.25) is 11.8 Å². The zero-order chi connectivity index (χ0) is 20.1. The number of hydrogen-bond donors (Lipinski definition) is 1. The Morgan fingerprint density at radius 1 is 1.18 bits per heavy atom. The monoisotopic (exact) mass is 402 g/mol. The van der Waals surface area contributed by atoms with Crippen molar-refractivity contribution in [3.63, 3.8) is 0 Å². The first-order valence-electron chi connectivity index (χ1n) is 9.29. The Hall–Kier alpha value is -2.73. The summed E-state index contributed by atoms with van der Waals surface area (Å²) in [4.78, 5) is 26.2. The number of nitrogens with one attached hydrogen (secondary N) is 1. The molecule has 6 nitrogen and oxygen atoms in total. The van der Waals surface area contributed by atoms with Crippen molar-refractivity contribution in [2.45, 2.75) is 20.3 Å². The van der Waals surface area contributed by atoms with E-state index < -0.39 is 0 Å². The second-order valence-electron chi connectivity index (χ2n) is 6.47. The van der Waals surface area contributed by atoms with Crippen LogP contribution in [0.5, 0.6) is 17.2 Å². The Morgan fingerprint density at radius 2 is 1.89 bits per heavy atom. The fourth-order valence-corrected chi connectivity index (χ4v) is 3.25. The fraction of sp³-hybridized carbons (Fsp3) is 0.333. The predicted molar refractivity (Wildman–Crippen MR) is 108 cm³/mol. The molecule has 2 aromatic carbocycles. The summed E-state index contributed by atoms with van der Waals surface area (Å²) in [7, 11) is 0. The van der Waals surface area contributed by atoms with Gasteiger partial charge < -0.3 is 19.7 Å². The van der Waals surface area contributed by atoms with Gasteiger partial charge in [0.05, 0.1) is 18.2 Å². The van der Waals surface area contributed by atoms with Gasteiger partial charge in [-0.2, -0.15) is 0 Å². The third-order valence-corrected chi connectivity index (χ3v) is 4.76. The zero-order valence-corrected chi connectivity index (χ0v) is 16.7. The number of nitrogens with zero attached hydrogens (tertiary/aromatic N) is 1. The summed E-state index contributed by atoms with van der Waals surface area (Å²) < 4.78 is 11.3. The van der Waals surface area contributed by atoms with Crippen molar-refractivity contribution in [3.8, 4) is 17.2 Å². The van der Waals surface area contributed by atoms with E-state index in [0.29, 0.717) is 41.9 Å². The maximum Gasteiger partial charge on any atom is 0.229 e. The van der Waals surface area contributed by atoms with Crippen LogP contribution < -0.4 is 14.8 Å². The molecule has 3 rings (SSSR count). The molecule has 28 heavy (non-hydrogen) atoms. The van der Waals surface area contributed by atoms with Crippen LogP contribution in [0.2, 0.25) is 5.02 Å². The molecule has 0 unspecified atom stereocenters. The normalized spacial score (nSPS) is 16.2. The van der Waals surface area contributed by atoms with E-state index in [2.05, 4.69) is 5.32 Å². The molecular formula is C21H23ClN2O4. The van der Waals surface area contributed by atoms with E-state index in [1.165, 1.54) is 0 Å². The molecule has 1 atom stereocenters. The summed E-state index contributed by atoms with van der Waals surface area (Å²) in [6.45, 7) is 5.44. The second kappa shape index (κ2) is 8.97. The van der Waals surface area contributed by atoms with Gasteiger partial charge in [0, 0.05) is 24.5 Å². The van der Waals surface area contributed by atoms with Crippen LogP contribution in [0.4, 0.5) is 5.69 Å². The van der Waals surface area contributed by atoms with E-state index >= 15 is 0 Å². The van der Waals surface area contributed by atoms with Crippen molar-refractivity contribution in [2.24, 2.45) is 5.92 Å². The van der Waals surface area contributed by atoms with Crippen LogP contribution in [0.15, 0.2) is 42.5 Å². The van der Waals surface area contributed by atoms with Gasteiger partial charge in [0.25, 0.3) is 0 Å². The summed E-state index contributed by atoms with van der Waals surface area (Å²) in [6, 6.07) is 12.2. The van der Waals surface area contributed by atoms with Crippen LogP contribution in [-0.4, -0.2) is 36.4 Å². The summed E-state index contributed by atoms with van der Waals surface area (Å²) in [5.74, 6) is 1.23. The van der Waals surface area contributed by atoms with Crippen LogP contribution in [0.1, 0.15) is 20.3 Å². The standard InChI is InChI=1S/C21H23ClN2O4/c1-3-24-13-14(11-20(24)25)21(26)23-18-12-15(22)5-10-19(18)28-17-8-6-16(7-9-17)27-4-2/h5-10,12,14H,3-4,11,13H2,1-2H3,(H,23,26)/t14-/m0/s1. The Morgan fingerprint density at radius 3 is 2.54 bits per heavy atom. The predicted octanol–water partition coefficient (Wildman–Crippen LogP) is 4.34. The van der Waals surface area contributed by atoms with E-state index in [4.69, 9.17) is 21.1 Å². The molecule has 1 heterocycles. The van der Waals surface area contributed by atoms with E-state index in [1.54, 1.807) is 35.2 Å². The van der Waals surface area contributed by atoms with Crippen molar-refractivity contribution >= 4 is 29.1 Å². The lowest BCUT2D eigenvalue weighted by Crippen LogP contribution is -2.28. The Kier molecular flexibility index (Phi) is 6.41. The third-order valence-electron chi connectivity index (χ3n) is 4.53. The molecule has 2 amide bonds. The first kappa shape index (κ1) is 20.0. The van der Waals surface area contributed by atoms with E-state index in [9.17, 15) is 9.59 Å². The minimum absolute atomic E-state index is 0.000365. The summed E-state index contributed by atoms with van der Waals surface area (Å²) in [6.07, 6.45) is 0.218. The lowest BCUT2D eigenvalue weighted by atomic mass is 10.1. The molecule has 0 spiro atoms. The van der Waals surface area contributed by atoms with Gasteiger partial charge in [0.15, 0.2) is 5.75 Å². The SMILES string of the molecule is CCOc1ccc(Oc2ccc(Cl)cc2NC(=O)[C@H]2CC(=O)N(CC)C2)cc1. The molecule has 0 aliphatic carbocycles. The molecule has 0 aromatic heterocycles. The minimum Gasteiger partial charge on any atom is -0.494 e. The van der Waals surface area contributed by atoms with E-state index in [1.807, 2.05) is 26.0 Å². The maximum atomic E-state index is 12.6. The highest BCUT2D eigenvalue weighted by atomic mass is 35.5. The lowest BCUT2D eigenvalue weighted by molar-refractivity contribution is -0.128. The van der Waals surface area contributed by atoms with E-state index in [-0.39, 0.29) is 24.2 Å². The number of hydrogen-bond acceptors (Lipinski definition) is 4. The first-order valence-corrected chi connectivity index (χ1v) is 9.66. The van der Waals surface area contributed by atoms with Crippen molar-refractivity contribution < 1.29 is 19.1 Å². The minimum atomic E-state index is -0.384. The average molecular weight is 403 g/mol. The molecule has 1 aliphatic rings. The van der Waals surface area contributed by atoms with Crippen LogP contribution >= 0.6 is 11.6 Å².